The molecule has 5 heteroatoms. The van der Waals surface area contributed by atoms with Crippen molar-refractivity contribution in [3.05, 3.63) is 41.0 Å². The number of nitrogens with zero attached hydrogens (tertiary/aromatic N) is 1. The van der Waals surface area contributed by atoms with Gasteiger partial charge in [0.15, 0.2) is 5.13 Å². The number of aromatic nitrogens is 2. The van der Waals surface area contributed by atoms with E-state index in [1.165, 1.54) is 11.3 Å². The fourth-order valence-electron chi connectivity index (χ4n) is 2.12. The summed E-state index contributed by atoms with van der Waals surface area (Å²) in [5, 5.41) is 3.67. The molecule has 0 amide bonds. The molecule has 0 aliphatic carbocycles. The Kier molecular flexibility index (Phi) is 3.92. The third kappa shape index (κ3) is 3.08. The quantitative estimate of drug-likeness (QED) is 0.743. The highest BCUT2D eigenvalue weighted by molar-refractivity contribution is 7.13. The van der Waals surface area contributed by atoms with E-state index in [9.17, 15) is 0 Å². The zero-order chi connectivity index (χ0) is 14.7. The van der Waals surface area contributed by atoms with Gasteiger partial charge in [-0.15, -0.1) is 11.3 Å². The molecule has 0 aliphatic rings. The van der Waals surface area contributed by atoms with Crippen molar-refractivity contribution >= 4 is 39.5 Å². The summed E-state index contributed by atoms with van der Waals surface area (Å²) < 4.78 is 5.69. The van der Waals surface area contributed by atoms with E-state index in [0.717, 1.165) is 40.9 Å². The Morgan fingerprint density at radius 1 is 1.38 bits per heavy atom. The minimum atomic E-state index is 0.587. The molecule has 0 unspecified atom stereocenters. The van der Waals surface area contributed by atoms with Crippen LogP contribution < -0.4 is 10.5 Å². The minimum absolute atomic E-state index is 0.587. The highest BCUT2D eigenvalue weighted by Gasteiger charge is 2.03. The van der Waals surface area contributed by atoms with Gasteiger partial charge in [-0.2, -0.15) is 0 Å². The zero-order valence-corrected chi connectivity index (χ0v) is 12.6. The van der Waals surface area contributed by atoms with Crippen LogP contribution in [0, 0.1) is 0 Å². The first-order valence-corrected chi connectivity index (χ1v) is 7.77. The topological polar surface area (TPSA) is 63.9 Å². The Hall–Kier alpha value is -2.27. The molecule has 0 fully saturated rings. The van der Waals surface area contributed by atoms with Gasteiger partial charge in [-0.3, -0.25) is 0 Å². The standard InChI is InChI=1S/C16H17N3OS/c1-2-7-20-13-5-6-15-14(8-13)11(9-18-15)3-4-12-10-21-16(17)19-12/h3-6,8-10,18H,2,7H2,1H3,(H2,17,19)/b4-3+. The summed E-state index contributed by atoms with van der Waals surface area (Å²) in [6, 6.07) is 6.10. The van der Waals surface area contributed by atoms with Crippen molar-refractivity contribution < 1.29 is 4.74 Å². The van der Waals surface area contributed by atoms with Crippen LogP contribution in [-0.2, 0) is 0 Å². The van der Waals surface area contributed by atoms with Crippen LogP contribution in [0.15, 0.2) is 29.8 Å². The van der Waals surface area contributed by atoms with E-state index in [0.29, 0.717) is 5.13 Å². The molecule has 3 rings (SSSR count). The van der Waals surface area contributed by atoms with Gasteiger partial charge in [0.05, 0.1) is 12.3 Å². The number of nitrogens with one attached hydrogen (secondary N) is 1. The molecule has 0 saturated carbocycles. The molecular weight excluding hydrogens is 282 g/mol. The monoisotopic (exact) mass is 299 g/mol. The third-order valence-corrected chi connectivity index (χ3v) is 3.82. The van der Waals surface area contributed by atoms with Crippen LogP contribution >= 0.6 is 11.3 Å². The lowest BCUT2D eigenvalue weighted by Gasteiger charge is -2.04. The molecule has 4 nitrogen and oxygen atoms in total. The smallest absolute Gasteiger partial charge is 0.180 e. The largest absolute Gasteiger partial charge is 0.494 e. The number of anilines is 1. The molecule has 0 aliphatic heterocycles. The van der Waals surface area contributed by atoms with Crippen molar-refractivity contribution in [1.82, 2.24) is 9.97 Å². The number of ether oxygens (including phenoxy) is 1. The average molecular weight is 299 g/mol. The lowest BCUT2D eigenvalue weighted by Crippen LogP contribution is -1.94. The second-order valence-corrected chi connectivity index (χ2v) is 5.63. The number of fused-ring (bicyclic) bond motifs is 1. The maximum Gasteiger partial charge on any atom is 0.180 e. The Morgan fingerprint density at radius 3 is 3.05 bits per heavy atom. The first-order chi connectivity index (χ1) is 10.3. The number of aromatic amines is 1. The molecule has 2 aromatic heterocycles. The van der Waals surface area contributed by atoms with Crippen molar-refractivity contribution in [3.63, 3.8) is 0 Å². The predicted octanol–water partition coefficient (Wildman–Crippen LogP) is 4.17. The summed E-state index contributed by atoms with van der Waals surface area (Å²) >= 11 is 1.44. The van der Waals surface area contributed by atoms with Gasteiger partial charge in [-0.1, -0.05) is 13.0 Å². The molecule has 0 bridgehead atoms. The molecule has 0 spiro atoms. The van der Waals surface area contributed by atoms with Gasteiger partial charge in [-0.05, 0) is 36.3 Å². The lowest BCUT2D eigenvalue weighted by atomic mass is 10.1. The van der Waals surface area contributed by atoms with E-state index in [1.54, 1.807) is 0 Å². The lowest BCUT2D eigenvalue weighted by molar-refractivity contribution is 0.318. The molecule has 2 heterocycles. The van der Waals surface area contributed by atoms with E-state index in [2.05, 4.69) is 23.0 Å². The van der Waals surface area contributed by atoms with Gasteiger partial charge in [0, 0.05) is 22.5 Å². The van der Waals surface area contributed by atoms with Crippen LogP contribution in [0.5, 0.6) is 5.75 Å². The van der Waals surface area contributed by atoms with Crippen LogP contribution in [0.1, 0.15) is 24.6 Å². The number of benzene rings is 1. The van der Waals surface area contributed by atoms with Crippen molar-refractivity contribution in [2.45, 2.75) is 13.3 Å². The number of nitrogen functional groups attached to an aromatic ring is 1. The van der Waals surface area contributed by atoms with Crippen LogP contribution in [-0.4, -0.2) is 16.6 Å². The second-order valence-electron chi connectivity index (χ2n) is 4.74. The maximum atomic E-state index is 5.69. The Labute approximate surface area is 127 Å². The first-order valence-electron chi connectivity index (χ1n) is 6.89. The molecular formula is C16H17N3OS. The van der Waals surface area contributed by atoms with Gasteiger partial charge < -0.3 is 15.5 Å². The molecule has 1 aromatic carbocycles. The summed E-state index contributed by atoms with van der Waals surface area (Å²) in [6.07, 6.45) is 7.00. The number of hydrogen-bond donors (Lipinski definition) is 2. The normalized spacial score (nSPS) is 11.5. The highest BCUT2D eigenvalue weighted by atomic mass is 32.1. The Bertz CT molecular complexity index is 773. The summed E-state index contributed by atoms with van der Waals surface area (Å²) in [6.45, 7) is 2.84. The predicted molar refractivity (Wildman–Crippen MR) is 89.5 cm³/mol. The van der Waals surface area contributed by atoms with Crippen molar-refractivity contribution in [3.8, 4) is 5.75 Å². The van der Waals surface area contributed by atoms with Gasteiger partial charge in [0.25, 0.3) is 0 Å². The first kappa shape index (κ1) is 13.7. The molecule has 3 aromatic rings. The number of nitrogens with two attached hydrogens (primary N) is 1. The van der Waals surface area contributed by atoms with E-state index in [-0.39, 0.29) is 0 Å². The van der Waals surface area contributed by atoms with Gasteiger partial charge in [0.1, 0.15) is 5.75 Å². The molecule has 21 heavy (non-hydrogen) atoms. The number of rotatable bonds is 5. The Morgan fingerprint density at radius 2 is 2.29 bits per heavy atom. The van der Waals surface area contributed by atoms with Crippen molar-refractivity contribution in [2.24, 2.45) is 0 Å². The van der Waals surface area contributed by atoms with Crippen molar-refractivity contribution in [2.75, 3.05) is 12.3 Å². The second kappa shape index (κ2) is 6.01. The molecule has 0 atom stereocenters. The molecule has 0 radical (unpaired) electrons. The average Bonchev–Trinajstić information content (AvgIpc) is 3.08. The van der Waals surface area contributed by atoms with Gasteiger partial charge in [0.2, 0.25) is 0 Å². The van der Waals surface area contributed by atoms with Crippen LogP contribution in [0.4, 0.5) is 5.13 Å². The van der Waals surface area contributed by atoms with E-state index >= 15 is 0 Å². The third-order valence-electron chi connectivity index (χ3n) is 3.13. The van der Waals surface area contributed by atoms with Crippen LogP contribution in [0.2, 0.25) is 0 Å². The van der Waals surface area contributed by atoms with E-state index < -0.39 is 0 Å². The van der Waals surface area contributed by atoms with E-state index in [1.807, 2.05) is 35.9 Å². The maximum absolute atomic E-state index is 5.69. The fourth-order valence-corrected chi connectivity index (χ4v) is 2.65. The fraction of sp³-hybridized carbons (Fsp3) is 0.188. The van der Waals surface area contributed by atoms with Gasteiger partial charge in [-0.25, -0.2) is 4.98 Å². The summed E-state index contributed by atoms with van der Waals surface area (Å²) in [4.78, 5) is 7.49. The number of hydrogen-bond acceptors (Lipinski definition) is 4. The summed E-state index contributed by atoms with van der Waals surface area (Å²) in [7, 11) is 0. The SMILES string of the molecule is CCCOc1ccc2[nH]cc(/C=C/c3csc(N)n3)c2c1. The van der Waals surface area contributed by atoms with Crippen molar-refractivity contribution in [1.29, 1.82) is 0 Å². The zero-order valence-electron chi connectivity index (χ0n) is 11.8. The van der Waals surface area contributed by atoms with E-state index in [4.69, 9.17) is 10.5 Å². The number of H-pyrrole nitrogens is 1. The summed E-state index contributed by atoms with van der Waals surface area (Å²) in [5.41, 5.74) is 8.72. The Balaban J connectivity index is 1.89. The molecule has 3 N–H and O–H groups in total. The number of thiazole rings is 1. The molecule has 0 saturated heterocycles. The summed E-state index contributed by atoms with van der Waals surface area (Å²) in [5.74, 6) is 0.900. The van der Waals surface area contributed by atoms with Crippen LogP contribution in [0.3, 0.4) is 0 Å². The molecule has 108 valence electrons. The minimum Gasteiger partial charge on any atom is -0.494 e. The van der Waals surface area contributed by atoms with Gasteiger partial charge >= 0.3 is 0 Å². The highest BCUT2D eigenvalue weighted by Crippen LogP contribution is 2.25. The van der Waals surface area contributed by atoms with Crippen LogP contribution in [0.25, 0.3) is 23.1 Å².